The molecule has 1 aromatic carbocycles. The summed E-state index contributed by atoms with van der Waals surface area (Å²) in [7, 11) is 0. The second-order valence-electron chi connectivity index (χ2n) is 3.55. The van der Waals surface area contributed by atoms with Crippen LogP contribution in [0.25, 0.3) is 0 Å². The van der Waals surface area contributed by atoms with Gasteiger partial charge in [-0.25, -0.2) is 4.39 Å². The fraction of sp³-hybridized carbons (Fsp3) is 0.538. The lowest BCUT2D eigenvalue weighted by molar-refractivity contribution is 0.285. The van der Waals surface area contributed by atoms with E-state index in [-0.39, 0.29) is 5.82 Å². The van der Waals surface area contributed by atoms with Crippen LogP contribution in [-0.4, -0.2) is 19.9 Å². The monoisotopic (exact) mass is 244 g/mol. The van der Waals surface area contributed by atoms with E-state index in [1.165, 1.54) is 6.07 Å². The summed E-state index contributed by atoms with van der Waals surface area (Å²) >= 11 is 0. The third kappa shape index (κ3) is 3.88. The molecule has 0 heterocycles. The van der Waals surface area contributed by atoms with E-state index in [1.807, 2.05) is 13.8 Å². The van der Waals surface area contributed by atoms with Gasteiger partial charge in [0.1, 0.15) is 5.82 Å². The Hall–Kier alpha value is -1.32. The predicted molar refractivity (Wildman–Crippen MR) is 63.0 cm³/mol. The SMILES string of the molecule is CCOc1cc(F)c(CCCF)cc1OCC. The van der Waals surface area contributed by atoms with Crippen molar-refractivity contribution in [1.29, 1.82) is 0 Å². The molecule has 0 N–H and O–H groups in total. The van der Waals surface area contributed by atoms with Gasteiger partial charge in [0, 0.05) is 6.07 Å². The van der Waals surface area contributed by atoms with Crippen LogP contribution in [-0.2, 0) is 6.42 Å². The molecule has 0 unspecified atom stereocenters. The van der Waals surface area contributed by atoms with Crippen molar-refractivity contribution >= 4 is 0 Å². The first kappa shape index (κ1) is 13.7. The molecule has 4 heteroatoms. The van der Waals surface area contributed by atoms with E-state index in [1.54, 1.807) is 6.07 Å². The first-order chi connectivity index (χ1) is 8.22. The molecule has 1 aromatic rings. The smallest absolute Gasteiger partial charge is 0.164 e. The largest absolute Gasteiger partial charge is 0.490 e. The topological polar surface area (TPSA) is 18.5 Å². The zero-order valence-electron chi connectivity index (χ0n) is 10.3. The molecule has 0 amide bonds. The molecule has 0 saturated carbocycles. The summed E-state index contributed by atoms with van der Waals surface area (Å²) in [6, 6.07) is 2.90. The van der Waals surface area contributed by atoms with Gasteiger partial charge in [-0.3, -0.25) is 4.39 Å². The van der Waals surface area contributed by atoms with Crippen molar-refractivity contribution < 1.29 is 18.3 Å². The van der Waals surface area contributed by atoms with Gasteiger partial charge in [-0.1, -0.05) is 0 Å². The Labute approximate surface area is 101 Å². The predicted octanol–water partition coefficient (Wildman–Crippen LogP) is 3.53. The summed E-state index contributed by atoms with van der Waals surface area (Å²) < 4.78 is 36.4. The molecule has 96 valence electrons. The highest BCUT2D eigenvalue weighted by Gasteiger charge is 2.11. The van der Waals surface area contributed by atoms with E-state index in [4.69, 9.17) is 9.47 Å². The molecule has 0 aliphatic rings. The number of alkyl halides is 1. The van der Waals surface area contributed by atoms with Gasteiger partial charge in [-0.05, 0) is 38.3 Å². The van der Waals surface area contributed by atoms with Gasteiger partial charge in [-0.2, -0.15) is 0 Å². The fourth-order valence-electron chi connectivity index (χ4n) is 1.56. The van der Waals surface area contributed by atoms with Crippen LogP contribution in [0.3, 0.4) is 0 Å². The number of halogens is 2. The van der Waals surface area contributed by atoms with Crippen molar-refractivity contribution in [2.75, 3.05) is 19.9 Å². The van der Waals surface area contributed by atoms with Gasteiger partial charge in [-0.15, -0.1) is 0 Å². The Bertz CT molecular complexity index is 354. The van der Waals surface area contributed by atoms with Crippen molar-refractivity contribution in [2.24, 2.45) is 0 Å². The molecule has 1 rings (SSSR count). The number of rotatable bonds is 7. The molecule has 0 saturated heterocycles. The number of hydrogen-bond donors (Lipinski definition) is 0. The lowest BCUT2D eigenvalue weighted by atomic mass is 10.1. The van der Waals surface area contributed by atoms with E-state index in [0.29, 0.717) is 43.1 Å². The molecule has 0 fully saturated rings. The van der Waals surface area contributed by atoms with E-state index < -0.39 is 6.67 Å². The maximum atomic E-state index is 13.7. The average Bonchev–Trinajstić information content (AvgIpc) is 2.31. The molecule has 17 heavy (non-hydrogen) atoms. The second-order valence-corrected chi connectivity index (χ2v) is 3.55. The van der Waals surface area contributed by atoms with E-state index in [2.05, 4.69) is 0 Å². The van der Waals surface area contributed by atoms with Gasteiger partial charge < -0.3 is 9.47 Å². The van der Waals surface area contributed by atoms with E-state index >= 15 is 0 Å². The number of hydrogen-bond acceptors (Lipinski definition) is 2. The number of benzene rings is 1. The van der Waals surface area contributed by atoms with Crippen LogP contribution in [0.1, 0.15) is 25.8 Å². The summed E-state index contributed by atoms with van der Waals surface area (Å²) in [4.78, 5) is 0. The van der Waals surface area contributed by atoms with Crippen molar-refractivity contribution in [3.63, 3.8) is 0 Å². The summed E-state index contributed by atoms with van der Waals surface area (Å²) in [6.07, 6.45) is 0.686. The Kier molecular flexibility index (Phi) is 5.73. The van der Waals surface area contributed by atoms with E-state index in [0.717, 1.165) is 0 Å². The summed E-state index contributed by atoms with van der Waals surface area (Å²) in [5.41, 5.74) is 0.467. The lowest BCUT2D eigenvalue weighted by Crippen LogP contribution is -2.01. The van der Waals surface area contributed by atoms with Gasteiger partial charge in [0.15, 0.2) is 11.5 Å². The lowest BCUT2D eigenvalue weighted by Gasteiger charge is -2.13. The average molecular weight is 244 g/mol. The number of ether oxygens (including phenoxy) is 2. The molecular weight excluding hydrogens is 226 g/mol. The van der Waals surface area contributed by atoms with Crippen LogP contribution >= 0.6 is 0 Å². The fourth-order valence-corrected chi connectivity index (χ4v) is 1.56. The first-order valence-corrected chi connectivity index (χ1v) is 5.86. The third-order valence-electron chi connectivity index (χ3n) is 2.29. The minimum atomic E-state index is -0.448. The van der Waals surface area contributed by atoms with Gasteiger partial charge in [0.2, 0.25) is 0 Å². The van der Waals surface area contributed by atoms with Crippen LogP contribution < -0.4 is 9.47 Å². The number of aryl methyl sites for hydroxylation is 1. The maximum absolute atomic E-state index is 13.7. The molecule has 0 atom stereocenters. The highest BCUT2D eigenvalue weighted by atomic mass is 19.1. The zero-order valence-corrected chi connectivity index (χ0v) is 10.3. The normalized spacial score (nSPS) is 10.4. The minimum absolute atomic E-state index is 0.316. The summed E-state index contributed by atoms with van der Waals surface area (Å²) in [5, 5.41) is 0. The summed E-state index contributed by atoms with van der Waals surface area (Å²) in [6.45, 7) is 4.15. The highest BCUT2D eigenvalue weighted by molar-refractivity contribution is 5.44. The molecule has 0 aliphatic heterocycles. The quantitative estimate of drug-likeness (QED) is 0.730. The van der Waals surface area contributed by atoms with Crippen LogP contribution in [0.4, 0.5) is 8.78 Å². The Morgan fingerprint density at radius 1 is 1.06 bits per heavy atom. The molecule has 0 spiro atoms. The van der Waals surface area contributed by atoms with Crippen LogP contribution in [0.2, 0.25) is 0 Å². The van der Waals surface area contributed by atoms with E-state index in [9.17, 15) is 8.78 Å². The minimum Gasteiger partial charge on any atom is -0.490 e. The standard InChI is InChI=1S/C13H18F2O2/c1-3-16-12-8-10(6-5-7-14)11(15)9-13(12)17-4-2/h8-9H,3-7H2,1-2H3. The summed E-state index contributed by atoms with van der Waals surface area (Å²) in [5.74, 6) is 0.547. The Morgan fingerprint density at radius 2 is 1.65 bits per heavy atom. The molecule has 0 aliphatic carbocycles. The molecule has 0 aromatic heterocycles. The molecule has 0 bridgehead atoms. The third-order valence-corrected chi connectivity index (χ3v) is 2.29. The van der Waals surface area contributed by atoms with Gasteiger partial charge in [0.05, 0.1) is 19.9 Å². The van der Waals surface area contributed by atoms with Crippen molar-refractivity contribution in [1.82, 2.24) is 0 Å². The Balaban J connectivity index is 2.96. The highest BCUT2D eigenvalue weighted by Crippen LogP contribution is 2.31. The molecular formula is C13H18F2O2. The van der Waals surface area contributed by atoms with Gasteiger partial charge in [0.25, 0.3) is 0 Å². The molecule has 0 radical (unpaired) electrons. The van der Waals surface area contributed by atoms with Crippen LogP contribution in [0.5, 0.6) is 11.5 Å². The van der Waals surface area contributed by atoms with Crippen molar-refractivity contribution in [3.05, 3.63) is 23.5 Å². The molecule has 2 nitrogen and oxygen atoms in total. The first-order valence-electron chi connectivity index (χ1n) is 5.86. The zero-order chi connectivity index (χ0) is 12.7. The van der Waals surface area contributed by atoms with Crippen LogP contribution in [0.15, 0.2) is 12.1 Å². The van der Waals surface area contributed by atoms with Gasteiger partial charge >= 0.3 is 0 Å². The maximum Gasteiger partial charge on any atom is 0.164 e. The van der Waals surface area contributed by atoms with Crippen molar-refractivity contribution in [2.45, 2.75) is 26.7 Å². The van der Waals surface area contributed by atoms with Crippen molar-refractivity contribution in [3.8, 4) is 11.5 Å². The second kappa shape index (κ2) is 7.09. The van der Waals surface area contributed by atoms with Crippen LogP contribution in [0, 0.1) is 5.82 Å². The Morgan fingerprint density at radius 3 is 2.18 bits per heavy atom.